The summed E-state index contributed by atoms with van der Waals surface area (Å²) in [5.74, 6) is -1.86. The number of carbonyl (C=O) groups excluding carboxylic acids is 5. The van der Waals surface area contributed by atoms with E-state index in [1.54, 1.807) is 113 Å². The van der Waals surface area contributed by atoms with Crippen LogP contribution in [-0.4, -0.2) is 61.6 Å². The predicted octanol–water partition coefficient (Wildman–Crippen LogP) is 7.61. The minimum Gasteiger partial charge on any atom is -0.484 e. The quantitative estimate of drug-likeness (QED) is 0.0489. The Balaban J connectivity index is 1.02. The summed E-state index contributed by atoms with van der Waals surface area (Å²) in [4.78, 5) is 62.0. The Bertz CT molecular complexity index is 2220. The summed E-state index contributed by atoms with van der Waals surface area (Å²) in [6, 6.07) is 33.3. The lowest BCUT2D eigenvalue weighted by Crippen LogP contribution is -2.39. The number of nitrogens with one attached hydrogen (secondary N) is 3. The molecular weight excluding hydrogens is 758 g/mol. The highest BCUT2D eigenvalue weighted by Gasteiger charge is 2.20. The number of halogens is 1. The molecular formula is C46H46FN3O9. The van der Waals surface area contributed by atoms with E-state index >= 15 is 4.39 Å². The van der Waals surface area contributed by atoms with Crippen molar-refractivity contribution < 1.29 is 47.3 Å². The summed E-state index contributed by atoms with van der Waals surface area (Å²) in [5.41, 5.74) is 2.97. The van der Waals surface area contributed by atoms with E-state index < -0.39 is 35.3 Å². The van der Waals surface area contributed by atoms with Crippen molar-refractivity contribution in [2.24, 2.45) is 0 Å². The number of rotatable bonds is 17. The third-order valence-electron chi connectivity index (χ3n) is 8.64. The number of hydrogen-bond acceptors (Lipinski definition) is 9. The Labute approximate surface area is 342 Å². The molecule has 0 heterocycles. The molecule has 0 aliphatic carbocycles. The first-order chi connectivity index (χ1) is 28.2. The monoisotopic (exact) mass is 803 g/mol. The number of hydrogen-bond donors (Lipinski definition) is 3. The van der Waals surface area contributed by atoms with Crippen LogP contribution >= 0.6 is 0 Å². The topological polar surface area (TPSA) is 158 Å². The van der Waals surface area contributed by atoms with Crippen LogP contribution in [0, 0.1) is 5.82 Å². The number of ether oxygens (including phenoxy) is 4. The zero-order valence-electron chi connectivity index (χ0n) is 33.2. The van der Waals surface area contributed by atoms with Gasteiger partial charge in [0.1, 0.15) is 29.5 Å². The van der Waals surface area contributed by atoms with Gasteiger partial charge in [-0.15, -0.1) is 0 Å². The van der Waals surface area contributed by atoms with Gasteiger partial charge in [-0.1, -0.05) is 54.6 Å². The van der Waals surface area contributed by atoms with Crippen molar-refractivity contribution in [3.05, 3.63) is 149 Å². The molecule has 0 aliphatic rings. The maximum Gasteiger partial charge on any atom is 0.407 e. The van der Waals surface area contributed by atoms with Crippen molar-refractivity contribution in [2.45, 2.75) is 45.8 Å². The molecule has 3 amide bonds. The molecule has 0 bridgehead atoms. The van der Waals surface area contributed by atoms with Gasteiger partial charge in [0.25, 0.3) is 11.8 Å². The van der Waals surface area contributed by atoms with Gasteiger partial charge in [0.05, 0.1) is 5.92 Å². The Morgan fingerprint density at radius 2 is 1.25 bits per heavy atom. The van der Waals surface area contributed by atoms with E-state index in [1.807, 2.05) is 30.3 Å². The number of esters is 1. The van der Waals surface area contributed by atoms with Crippen molar-refractivity contribution >= 4 is 35.3 Å². The first kappa shape index (κ1) is 43.1. The van der Waals surface area contributed by atoms with Crippen molar-refractivity contribution in [1.29, 1.82) is 0 Å². The predicted molar refractivity (Wildman–Crippen MR) is 220 cm³/mol. The molecule has 1 atom stereocenters. The Morgan fingerprint density at radius 3 is 1.83 bits per heavy atom. The smallest absolute Gasteiger partial charge is 0.407 e. The summed E-state index contributed by atoms with van der Waals surface area (Å²) in [6.07, 6.45) is -0.572. The highest BCUT2D eigenvalue weighted by atomic mass is 19.1. The van der Waals surface area contributed by atoms with Gasteiger partial charge in [0, 0.05) is 35.5 Å². The van der Waals surface area contributed by atoms with Gasteiger partial charge in [0.15, 0.2) is 19.0 Å². The van der Waals surface area contributed by atoms with Crippen molar-refractivity contribution in [1.82, 2.24) is 10.6 Å². The molecule has 0 aliphatic heterocycles. The van der Waals surface area contributed by atoms with Gasteiger partial charge in [-0.05, 0) is 111 Å². The molecule has 0 saturated heterocycles. The van der Waals surface area contributed by atoms with Gasteiger partial charge < -0.3 is 34.9 Å². The third kappa shape index (κ3) is 13.6. The Morgan fingerprint density at radius 1 is 0.678 bits per heavy atom. The fraction of sp³-hybridized carbons (Fsp3) is 0.239. The second-order valence-corrected chi connectivity index (χ2v) is 14.4. The molecule has 3 N–H and O–H groups in total. The fourth-order valence-corrected chi connectivity index (χ4v) is 5.56. The highest BCUT2D eigenvalue weighted by molar-refractivity contribution is 6.09. The molecule has 5 aromatic rings. The average molecular weight is 804 g/mol. The van der Waals surface area contributed by atoms with Gasteiger partial charge in [-0.25, -0.2) is 9.18 Å². The molecule has 0 aromatic heterocycles. The van der Waals surface area contributed by atoms with Gasteiger partial charge in [-0.3, -0.25) is 19.2 Å². The van der Waals surface area contributed by atoms with Crippen LogP contribution in [0.15, 0.2) is 121 Å². The van der Waals surface area contributed by atoms with Crippen LogP contribution in [0.2, 0.25) is 0 Å². The van der Waals surface area contributed by atoms with Gasteiger partial charge >= 0.3 is 12.1 Å². The largest absolute Gasteiger partial charge is 0.484 e. The van der Waals surface area contributed by atoms with E-state index in [-0.39, 0.29) is 44.6 Å². The Hall–Kier alpha value is -7.02. The molecule has 0 fully saturated rings. The summed E-state index contributed by atoms with van der Waals surface area (Å²) in [6.45, 7) is 6.92. The molecule has 12 nitrogen and oxygen atoms in total. The lowest BCUT2D eigenvalue weighted by Gasteiger charge is -2.19. The maximum absolute atomic E-state index is 15.2. The van der Waals surface area contributed by atoms with Crippen LogP contribution in [0.25, 0.3) is 11.1 Å². The van der Waals surface area contributed by atoms with E-state index in [9.17, 15) is 24.0 Å². The number of alkyl carbamates (subject to hydrolysis) is 1. The molecule has 5 aromatic carbocycles. The molecule has 306 valence electrons. The van der Waals surface area contributed by atoms with E-state index in [1.165, 1.54) is 6.07 Å². The molecule has 0 saturated carbocycles. The van der Waals surface area contributed by atoms with Crippen LogP contribution in [-0.2, 0) is 30.5 Å². The van der Waals surface area contributed by atoms with Crippen LogP contribution < -0.4 is 25.4 Å². The van der Waals surface area contributed by atoms with Gasteiger partial charge in [-0.2, -0.15) is 0 Å². The first-order valence-electron chi connectivity index (χ1n) is 18.9. The highest BCUT2D eigenvalue weighted by Crippen LogP contribution is 2.28. The summed E-state index contributed by atoms with van der Waals surface area (Å²) in [5, 5.41) is 7.92. The lowest BCUT2D eigenvalue weighted by atomic mass is 9.97. The SMILES string of the molecule is CC(C(=O)OCc1ccccc1)c1ccc(-c2ccc(NC(=O)COc3ccc(C(=O)c4ccc(OCC(=O)NCCNC(=O)OC(C)(C)C)cc4)cc3)cc2)c(F)c1. The van der Waals surface area contributed by atoms with Gasteiger partial charge in [0.2, 0.25) is 0 Å². The van der Waals surface area contributed by atoms with Crippen LogP contribution in [0.5, 0.6) is 11.5 Å². The zero-order chi connectivity index (χ0) is 42.4. The minimum absolute atomic E-state index is 0.138. The van der Waals surface area contributed by atoms with E-state index in [0.29, 0.717) is 45.0 Å². The number of carbonyl (C=O) groups is 5. The molecule has 13 heteroatoms. The standard InChI is InChI=1S/C46H46FN3O9/c1-30(44(54)58-27-31-8-6-5-7-9-31)35-16-23-39(40(47)26-35)32-10-17-36(18-11-32)50-42(52)29-57-38-21-14-34(15-22-38)43(53)33-12-19-37(20-13-33)56-28-41(51)48-24-25-49-45(55)59-46(2,3)4/h5-23,26,30H,24-25,27-29H2,1-4H3,(H,48,51)(H,49,55)(H,50,52). The van der Waals surface area contributed by atoms with Crippen molar-refractivity contribution in [2.75, 3.05) is 31.6 Å². The normalized spacial score (nSPS) is 11.4. The number of ketones is 1. The summed E-state index contributed by atoms with van der Waals surface area (Å²) < 4.78 is 36.9. The van der Waals surface area contributed by atoms with Crippen LogP contribution in [0.4, 0.5) is 14.9 Å². The third-order valence-corrected chi connectivity index (χ3v) is 8.64. The Kier molecular flexibility index (Phi) is 14.9. The number of amides is 3. The van der Waals surface area contributed by atoms with Crippen LogP contribution in [0.1, 0.15) is 60.7 Å². The molecule has 1 unspecified atom stereocenters. The van der Waals surface area contributed by atoms with E-state index in [2.05, 4.69) is 16.0 Å². The number of anilines is 1. The minimum atomic E-state index is -0.654. The molecule has 0 radical (unpaired) electrons. The average Bonchev–Trinajstić information content (AvgIpc) is 3.22. The molecule has 5 rings (SSSR count). The van der Waals surface area contributed by atoms with Crippen LogP contribution in [0.3, 0.4) is 0 Å². The van der Waals surface area contributed by atoms with Crippen molar-refractivity contribution in [3.8, 4) is 22.6 Å². The molecule has 59 heavy (non-hydrogen) atoms. The lowest BCUT2D eigenvalue weighted by molar-refractivity contribution is -0.146. The van der Waals surface area contributed by atoms with E-state index in [4.69, 9.17) is 18.9 Å². The maximum atomic E-state index is 15.2. The summed E-state index contributed by atoms with van der Waals surface area (Å²) in [7, 11) is 0. The second kappa shape index (κ2) is 20.4. The number of benzene rings is 5. The van der Waals surface area contributed by atoms with Crippen molar-refractivity contribution in [3.63, 3.8) is 0 Å². The first-order valence-corrected chi connectivity index (χ1v) is 18.9. The molecule has 0 spiro atoms. The summed E-state index contributed by atoms with van der Waals surface area (Å²) >= 11 is 0. The fourth-order valence-electron chi connectivity index (χ4n) is 5.56. The zero-order valence-corrected chi connectivity index (χ0v) is 33.2. The van der Waals surface area contributed by atoms with E-state index in [0.717, 1.165) is 5.56 Å². The second-order valence-electron chi connectivity index (χ2n) is 14.4.